The van der Waals surface area contributed by atoms with E-state index < -0.39 is 0 Å². The van der Waals surface area contributed by atoms with E-state index in [2.05, 4.69) is 31.1 Å². The first kappa shape index (κ1) is 15.7. The molecule has 1 heterocycles. The van der Waals surface area contributed by atoms with Crippen molar-refractivity contribution in [3.05, 3.63) is 41.8 Å². The van der Waals surface area contributed by atoms with Crippen LogP contribution in [0.15, 0.2) is 34.9 Å². The Bertz CT molecular complexity index is 546. The largest absolute Gasteiger partial charge is 0.444 e. The number of aliphatic hydroxyl groups is 1. The number of nitrogens with one attached hydrogen (secondary N) is 1. The highest BCUT2D eigenvalue weighted by Crippen LogP contribution is 2.19. The molecular formula is C17H24N2O2. The maximum atomic E-state index is 9.36. The number of nitrogens with zero attached hydrogens (tertiary/aromatic N) is 1. The van der Waals surface area contributed by atoms with E-state index in [-0.39, 0.29) is 12.6 Å². The molecule has 0 aliphatic carbocycles. The SMILES string of the molecule is Cc1ccc(-c2nc(CNC(CO)CC(C)C)co2)cc1. The van der Waals surface area contributed by atoms with Gasteiger partial charge in [-0.2, -0.15) is 0 Å². The predicted octanol–water partition coefficient (Wildman–Crippen LogP) is 3.15. The molecule has 0 radical (unpaired) electrons. The number of hydrogen-bond donors (Lipinski definition) is 2. The standard InChI is InChI=1S/C17H24N2O2/c1-12(2)8-15(10-20)18-9-16-11-21-17(19-16)14-6-4-13(3)5-7-14/h4-7,11-12,15,18,20H,8-10H2,1-3H3. The van der Waals surface area contributed by atoms with Crippen molar-refractivity contribution in [1.29, 1.82) is 0 Å². The zero-order valence-corrected chi connectivity index (χ0v) is 13.0. The third-order valence-electron chi connectivity index (χ3n) is 3.40. The van der Waals surface area contributed by atoms with Crippen LogP contribution in [0, 0.1) is 12.8 Å². The molecule has 0 fully saturated rings. The van der Waals surface area contributed by atoms with Gasteiger partial charge in [0.05, 0.1) is 12.3 Å². The van der Waals surface area contributed by atoms with Gasteiger partial charge >= 0.3 is 0 Å². The minimum Gasteiger partial charge on any atom is -0.444 e. The highest BCUT2D eigenvalue weighted by molar-refractivity contribution is 5.53. The Kier molecular flexibility index (Phi) is 5.53. The lowest BCUT2D eigenvalue weighted by Gasteiger charge is -2.17. The summed E-state index contributed by atoms with van der Waals surface area (Å²) in [6.45, 7) is 7.10. The number of rotatable bonds is 7. The molecule has 0 aliphatic heterocycles. The summed E-state index contributed by atoms with van der Waals surface area (Å²) in [5, 5.41) is 12.7. The number of hydrogen-bond acceptors (Lipinski definition) is 4. The molecule has 2 rings (SSSR count). The minimum atomic E-state index is 0.101. The lowest BCUT2D eigenvalue weighted by atomic mass is 10.0. The summed E-state index contributed by atoms with van der Waals surface area (Å²) < 4.78 is 5.52. The molecule has 21 heavy (non-hydrogen) atoms. The fourth-order valence-electron chi connectivity index (χ4n) is 2.26. The summed E-state index contributed by atoms with van der Waals surface area (Å²) in [6, 6.07) is 8.20. The van der Waals surface area contributed by atoms with E-state index in [4.69, 9.17) is 4.42 Å². The van der Waals surface area contributed by atoms with E-state index in [0.717, 1.165) is 17.7 Å². The quantitative estimate of drug-likeness (QED) is 0.821. The first-order chi connectivity index (χ1) is 10.1. The van der Waals surface area contributed by atoms with Crippen LogP contribution in [-0.4, -0.2) is 22.7 Å². The molecule has 4 nitrogen and oxygen atoms in total. The molecular weight excluding hydrogens is 264 g/mol. The van der Waals surface area contributed by atoms with Gasteiger partial charge in [-0.05, 0) is 31.4 Å². The van der Waals surface area contributed by atoms with Gasteiger partial charge in [0.2, 0.25) is 5.89 Å². The van der Waals surface area contributed by atoms with Crippen molar-refractivity contribution in [3.8, 4) is 11.5 Å². The molecule has 0 saturated carbocycles. The van der Waals surface area contributed by atoms with Crippen molar-refractivity contribution >= 4 is 0 Å². The van der Waals surface area contributed by atoms with Crippen molar-refractivity contribution in [2.24, 2.45) is 5.92 Å². The molecule has 1 unspecified atom stereocenters. The van der Waals surface area contributed by atoms with Gasteiger partial charge in [0.15, 0.2) is 0 Å². The molecule has 1 atom stereocenters. The van der Waals surface area contributed by atoms with E-state index in [1.54, 1.807) is 6.26 Å². The van der Waals surface area contributed by atoms with Crippen molar-refractivity contribution in [2.75, 3.05) is 6.61 Å². The highest BCUT2D eigenvalue weighted by atomic mass is 16.3. The summed E-state index contributed by atoms with van der Waals surface area (Å²) in [7, 11) is 0. The number of aryl methyl sites for hydroxylation is 1. The zero-order valence-electron chi connectivity index (χ0n) is 13.0. The Balaban J connectivity index is 1.95. The maximum absolute atomic E-state index is 9.36. The van der Waals surface area contributed by atoms with Gasteiger partial charge in [-0.25, -0.2) is 4.98 Å². The first-order valence-corrected chi connectivity index (χ1v) is 7.44. The smallest absolute Gasteiger partial charge is 0.226 e. The molecule has 0 aliphatic rings. The van der Waals surface area contributed by atoms with Crippen molar-refractivity contribution < 1.29 is 9.52 Å². The molecule has 0 saturated heterocycles. The van der Waals surface area contributed by atoms with E-state index in [1.807, 2.05) is 24.3 Å². The van der Waals surface area contributed by atoms with Crippen LogP contribution < -0.4 is 5.32 Å². The lowest BCUT2D eigenvalue weighted by Crippen LogP contribution is -2.33. The Morgan fingerprint density at radius 1 is 1.24 bits per heavy atom. The molecule has 2 N–H and O–H groups in total. The third kappa shape index (κ3) is 4.69. The molecule has 0 amide bonds. The van der Waals surface area contributed by atoms with Crippen molar-refractivity contribution in [2.45, 2.75) is 39.8 Å². The summed E-state index contributed by atoms with van der Waals surface area (Å²) in [5.41, 5.74) is 3.05. The van der Waals surface area contributed by atoms with Crippen LogP contribution in [0.1, 0.15) is 31.5 Å². The molecule has 114 valence electrons. The van der Waals surface area contributed by atoms with Crippen molar-refractivity contribution in [3.63, 3.8) is 0 Å². The molecule has 1 aromatic carbocycles. The minimum absolute atomic E-state index is 0.101. The van der Waals surface area contributed by atoms with Gasteiger partial charge in [0.1, 0.15) is 6.26 Å². The van der Waals surface area contributed by atoms with E-state index in [0.29, 0.717) is 18.4 Å². The second-order valence-electron chi connectivity index (χ2n) is 5.90. The van der Waals surface area contributed by atoms with Crippen LogP contribution in [-0.2, 0) is 6.54 Å². The zero-order chi connectivity index (χ0) is 15.2. The van der Waals surface area contributed by atoms with Gasteiger partial charge in [0, 0.05) is 18.2 Å². The average Bonchev–Trinajstić information content (AvgIpc) is 2.92. The van der Waals surface area contributed by atoms with Crippen LogP contribution in [0.25, 0.3) is 11.5 Å². The van der Waals surface area contributed by atoms with E-state index in [9.17, 15) is 5.11 Å². The summed E-state index contributed by atoms with van der Waals surface area (Å²) in [5.74, 6) is 1.19. The number of benzene rings is 1. The van der Waals surface area contributed by atoms with Crippen LogP contribution in [0.4, 0.5) is 0 Å². The van der Waals surface area contributed by atoms with Gasteiger partial charge < -0.3 is 14.8 Å². The second-order valence-corrected chi connectivity index (χ2v) is 5.90. The molecule has 1 aromatic heterocycles. The Hall–Kier alpha value is -1.65. The number of oxazole rings is 1. The van der Waals surface area contributed by atoms with Gasteiger partial charge in [-0.1, -0.05) is 31.5 Å². The summed E-state index contributed by atoms with van der Waals surface area (Å²) in [6.07, 6.45) is 2.62. The predicted molar refractivity (Wildman–Crippen MR) is 83.8 cm³/mol. The normalized spacial score (nSPS) is 12.8. The Labute approximate surface area is 126 Å². The van der Waals surface area contributed by atoms with E-state index >= 15 is 0 Å². The first-order valence-electron chi connectivity index (χ1n) is 7.44. The fourth-order valence-corrected chi connectivity index (χ4v) is 2.26. The lowest BCUT2D eigenvalue weighted by molar-refractivity contribution is 0.223. The fraction of sp³-hybridized carbons (Fsp3) is 0.471. The van der Waals surface area contributed by atoms with E-state index in [1.165, 1.54) is 5.56 Å². The van der Waals surface area contributed by atoms with Gasteiger partial charge in [-0.3, -0.25) is 0 Å². The molecule has 0 bridgehead atoms. The molecule has 2 aromatic rings. The highest BCUT2D eigenvalue weighted by Gasteiger charge is 2.11. The van der Waals surface area contributed by atoms with Crippen LogP contribution in [0.3, 0.4) is 0 Å². The Morgan fingerprint density at radius 3 is 2.57 bits per heavy atom. The summed E-state index contributed by atoms with van der Waals surface area (Å²) >= 11 is 0. The van der Waals surface area contributed by atoms with Crippen LogP contribution in [0.2, 0.25) is 0 Å². The average molecular weight is 288 g/mol. The monoisotopic (exact) mass is 288 g/mol. The van der Waals surface area contributed by atoms with Gasteiger partial charge in [0.25, 0.3) is 0 Å². The number of aromatic nitrogens is 1. The molecule has 0 spiro atoms. The van der Waals surface area contributed by atoms with Crippen molar-refractivity contribution in [1.82, 2.24) is 10.3 Å². The Morgan fingerprint density at radius 2 is 1.95 bits per heavy atom. The molecule has 4 heteroatoms. The van der Waals surface area contributed by atoms with Crippen LogP contribution in [0.5, 0.6) is 0 Å². The maximum Gasteiger partial charge on any atom is 0.226 e. The third-order valence-corrected chi connectivity index (χ3v) is 3.40. The van der Waals surface area contributed by atoms with Crippen LogP contribution >= 0.6 is 0 Å². The second kappa shape index (κ2) is 7.38. The summed E-state index contributed by atoms with van der Waals surface area (Å²) in [4.78, 5) is 4.48. The number of aliphatic hydroxyl groups excluding tert-OH is 1. The topological polar surface area (TPSA) is 58.3 Å². The van der Waals surface area contributed by atoms with Gasteiger partial charge in [-0.15, -0.1) is 0 Å².